The number of benzene rings is 3. The molecule has 78 heavy (non-hydrogen) atoms. The Kier molecular flexibility index (Phi) is 19.8. The van der Waals surface area contributed by atoms with Crippen molar-refractivity contribution in [2.45, 2.75) is 174 Å². The molecule has 4 aliphatic carbocycles. The van der Waals surface area contributed by atoms with Crippen molar-refractivity contribution in [3.8, 4) is 11.5 Å². The minimum absolute atomic E-state index is 0.0362. The van der Waals surface area contributed by atoms with Gasteiger partial charge in [-0.15, -0.1) is 0 Å². The average Bonchev–Trinajstić information content (AvgIpc) is 4.21. The first kappa shape index (κ1) is 58.8. The summed E-state index contributed by atoms with van der Waals surface area (Å²) in [4.78, 5) is 55.0. The lowest BCUT2D eigenvalue weighted by Crippen LogP contribution is -2.51. The summed E-state index contributed by atoms with van der Waals surface area (Å²) in [5.74, 6) is 4.38. The van der Waals surface area contributed by atoms with Gasteiger partial charge in [-0.2, -0.15) is 0 Å². The van der Waals surface area contributed by atoms with Gasteiger partial charge in [0.1, 0.15) is 23.7 Å². The third-order valence-corrected chi connectivity index (χ3v) is 19.9. The van der Waals surface area contributed by atoms with Gasteiger partial charge in [0.15, 0.2) is 0 Å². The van der Waals surface area contributed by atoms with Crippen LogP contribution in [0.3, 0.4) is 0 Å². The van der Waals surface area contributed by atoms with E-state index < -0.39 is 29.5 Å². The molecule has 1 aliphatic heterocycles. The Morgan fingerprint density at radius 1 is 0.731 bits per heavy atom. The highest BCUT2D eigenvalue weighted by molar-refractivity contribution is 5.81. The summed E-state index contributed by atoms with van der Waals surface area (Å²) in [6.07, 6.45) is 15.6. The molecule has 8 unspecified atom stereocenters. The third-order valence-electron chi connectivity index (χ3n) is 19.9. The lowest BCUT2D eigenvalue weighted by Gasteiger charge is -2.58. The second kappa shape index (κ2) is 26.3. The minimum Gasteiger partial charge on any atom is -0.497 e. The molecule has 3 N–H and O–H groups in total. The van der Waals surface area contributed by atoms with E-state index >= 15 is 0 Å². The molecule has 3 aromatic carbocycles. The quantitative estimate of drug-likeness (QED) is 0.0344. The smallest absolute Gasteiger partial charge is 0.407 e. The maximum atomic E-state index is 14.2. The normalized spacial score (nSPS) is 27.3. The number of carbonyl (C=O) groups is 4. The van der Waals surface area contributed by atoms with Crippen LogP contribution in [0.2, 0.25) is 0 Å². The zero-order valence-electron chi connectivity index (χ0n) is 48.4. The number of amides is 3. The summed E-state index contributed by atoms with van der Waals surface area (Å²) in [7, 11) is 3.21. The fraction of sp³-hybridized carbons (Fsp3) is 0.636. The number of rotatable bonds is 24. The number of ether oxygens (including phenoxy) is 4. The molecule has 0 bridgehead atoms. The van der Waals surface area contributed by atoms with Crippen LogP contribution in [0.15, 0.2) is 90.5 Å². The number of carbonyl (C=O) groups excluding carboxylic acids is 4. The first-order valence-electron chi connectivity index (χ1n) is 30.0. The minimum atomic E-state index is -1.22. The van der Waals surface area contributed by atoms with Crippen LogP contribution < -0.4 is 20.1 Å². The van der Waals surface area contributed by atoms with E-state index in [1.807, 2.05) is 85.8 Å². The van der Waals surface area contributed by atoms with Crippen molar-refractivity contribution in [1.82, 2.24) is 15.5 Å². The number of alkyl carbamates (subject to hydrolysis) is 1. The molecule has 4 fully saturated rings. The Labute approximate surface area is 466 Å². The average molecular weight is 1070 g/mol. The van der Waals surface area contributed by atoms with Crippen LogP contribution in [0, 0.1) is 52.3 Å². The number of hydrogen-bond acceptors (Lipinski definition) is 9. The Balaban J connectivity index is 0.863. The SMILES string of the molecule is CCNC(=O)CCC(=O)OC1CN(C(=O)CCCCCNC(=O)OC2CC[C@@]3(C)C(=CCC4C3CC[C@@]3(C)C4CC[C@@H]3C(C)CCCC(C)C)C2)CC1C(O)C(c1ccccc1)(c1ccc(OC)cc1)c1ccc(OC)cc1. The predicted molar refractivity (Wildman–Crippen MR) is 306 cm³/mol. The largest absolute Gasteiger partial charge is 0.497 e. The topological polar surface area (TPSA) is 153 Å². The van der Waals surface area contributed by atoms with E-state index in [0.717, 1.165) is 71.5 Å². The number of nitrogens with one attached hydrogen (secondary N) is 2. The summed E-state index contributed by atoms with van der Waals surface area (Å²) < 4.78 is 23.4. The Hall–Kier alpha value is -5.36. The van der Waals surface area contributed by atoms with Crippen LogP contribution in [0.1, 0.15) is 167 Å². The van der Waals surface area contributed by atoms with Gasteiger partial charge in [-0.1, -0.05) is 127 Å². The van der Waals surface area contributed by atoms with Gasteiger partial charge in [0.05, 0.1) is 38.7 Å². The maximum absolute atomic E-state index is 14.2. The molecule has 1 heterocycles. The van der Waals surface area contributed by atoms with E-state index in [-0.39, 0.29) is 61.8 Å². The number of aliphatic hydroxyl groups is 1. The number of aliphatic hydroxyl groups excluding tert-OH is 1. The predicted octanol–water partition coefficient (Wildman–Crippen LogP) is 12.4. The molecule has 11 atom stereocenters. The monoisotopic (exact) mass is 1070 g/mol. The zero-order valence-corrected chi connectivity index (χ0v) is 48.4. The number of fused-ring (bicyclic) bond motifs is 5. The summed E-state index contributed by atoms with van der Waals surface area (Å²) in [6, 6.07) is 25.0. The van der Waals surface area contributed by atoms with Gasteiger partial charge < -0.3 is 39.6 Å². The first-order chi connectivity index (χ1) is 37.5. The Bertz CT molecular complexity index is 2450. The molecule has 0 aromatic heterocycles. The van der Waals surface area contributed by atoms with Crippen LogP contribution in [0.25, 0.3) is 0 Å². The van der Waals surface area contributed by atoms with Crippen LogP contribution in [0.4, 0.5) is 4.79 Å². The van der Waals surface area contributed by atoms with Gasteiger partial charge in [-0.3, -0.25) is 14.4 Å². The number of likely N-dealkylation sites (tertiary alicyclic amines) is 1. The number of nitrogens with zero attached hydrogens (tertiary/aromatic N) is 1. The summed E-state index contributed by atoms with van der Waals surface area (Å²) in [5, 5.41) is 19.0. The first-order valence-corrected chi connectivity index (χ1v) is 30.0. The third kappa shape index (κ3) is 12.8. The molecule has 5 aliphatic rings. The van der Waals surface area contributed by atoms with E-state index in [1.165, 1.54) is 56.9 Å². The summed E-state index contributed by atoms with van der Waals surface area (Å²) in [5.41, 5.74) is 3.32. The Morgan fingerprint density at radius 3 is 2.06 bits per heavy atom. The molecular weight excluding hydrogens is 979 g/mol. The lowest BCUT2D eigenvalue weighted by molar-refractivity contribution is -0.153. The molecule has 0 radical (unpaired) electrons. The fourth-order valence-electron chi connectivity index (χ4n) is 15.8. The number of unbranched alkanes of at least 4 members (excludes halogenated alkanes) is 2. The van der Waals surface area contributed by atoms with E-state index in [4.69, 9.17) is 18.9 Å². The zero-order chi connectivity index (χ0) is 55.6. The molecule has 426 valence electrons. The van der Waals surface area contributed by atoms with Gasteiger partial charge in [-0.05, 0) is 152 Å². The van der Waals surface area contributed by atoms with Crippen LogP contribution >= 0.6 is 0 Å². The molecule has 3 aromatic rings. The second-order valence-electron chi connectivity index (χ2n) is 24.8. The van der Waals surface area contributed by atoms with E-state index in [2.05, 4.69) is 51.3 Å². The van der Waals surface area contributed by atoms with Crippen molar-refractivity contribution in [3.05, 3.63) is 107 Å². The second-order valence-corrected chi connectivity index (χ2v) is 24.8. The Morgan fingerprint density at radius 2 is 1.41 bits per heavy atom. The van der Waals surface area contributed by atoms with Crippen molar-refractivity contribution in [2.75, 3.05) is 40.4 Å². The highest BCUT2D eigenvalue weighted by atomic mass is 16.6. The highest BCUT2D eigenvalue weighted by Crippen LogP contribution is 2.67. The number of esters is 1. The van der Waals surface area contributed by atoms with Gasteiger partial charge in [0, 0.05) is 44.8 Å². The number of allylic oxidation sites excluding steroid dienone is 1. The molecule has 3 saturated carbocycles. The van der Waals surface area contributed by atoms with Gasteiger partial charge >= 0.3 is 12.1 Å². The molecule has 12 nitrogen and oxygen atoms in total. The fourth-order valence-corrected chi connectivity index (χ4v) is 15.8. The molecule has 1 saturated heterocycles. The molecule has 8 rings (SSSR count). The van der Waals surface area contributed by atoms with Gasteiger partial charge in [0.25, 0.3) is 0 Å². The molecule has 0 spiro atoms. The highest BCUT2D eigenvalue weighted by Gasteiger charge is 2.59. The van der Waals surface area contributed by atoms with E-state index in [0.29, 0.717) is 49.3 Å². The standard InChI is InChI=1S/C66H93N3O9/c1-9-67-59(70)34-35-61(72)78-58-43-69(42-54(58)62(73)66(46-19-12-10-13-20-46,47-22-27-50(75-7)28-23-47)48-24-29-51(76-8)30-25-48)60(71)21-14-11-15-40-68-63(74)77-52-36-38-64(5)49(41-52)26-31-53-56-33-32-55(45(4)18-16-17-44(2)3)65(56,6)39-37-57(53)64/h10,12-13,19-20,22-30,44-45,52-58,62,73H,9,11,14-18,21,31-43H2,1-8H3,(H,67,70)(H,68,74)/t45?,52?,53?,54?,55-,56?,57?,58?,62?,64+,65-/m1/s1. The maximum Gasteiger partial charge on any atom is 0.407 e. The molecule has 3 amide bonds. The van der Waals surface area contributed by atoms with Crippen molar-refractivity contribution in [2.24, 2.45) is 52.3 Å². The number of methoxy groups -OCH3 is 2. The van der Waals surface area contributed by atoms with E-state index in [1.54, 1.807) is 19.1 Å². The summed E-state index contributed by atoms with van der Waals surface area (Å²) >= 11 is 0. The van der Waals surface area contributed by atoms with Crippen molar-refractivity contribution >= 4 is 23.9 Å². The van der Waals surface area contributed by atoms with Crippen LogP contribution in [-0.2, 0) is 29.3 Å². The lowest BCUT2D eigenvalue weighted by atomic mass is 9.47. The number of hydrogen-bond donors (Lipinski definition) is 3. The summed E-state index contributed by atoms with van der Waals surface area (Å²) in [6.45, 7) is 15.4. The van der Waals surface area contributed by atoms with Crippen molar-refractivity contribution in [3.63, 3.8) is 0 Å². The molecular formula is C66H93N3O9. The van der Waals surface area contributed by atoms with Crippen LogP contribution in [0.5, 0.6) is 11.5 Å². The van der Waals surface area contributed by atoms with Crippen molar-refractivity contribution in [1.29, 1.82) is 0 Å². The van der Waals surface area contributed by atoms with Gasteiger partial charge in [0.2, 0.25) is 11.8 Å². The van der Waals surface area contributed by atoms with Gasteiger partial charge in [-0.25, -0.2) is 4.79 Å². The van der Waals surface area contributed by atoms with Crippen LogP contribution in [-0.4, -0.2) is 92.6 Å². The van der Waals surface area contributed by atoms with Crippen molar-refractivity contribution < 1.29 is 43.2 Å². The van der Waals surface area contributed by atoms with E-state index in [9.17, 15) is 24.3 Å². The molecule has 12 heteroatoms.